The largest absolute Gasteiger partial charge is 0.425 e. The molecule has 0 spiro atoms. The minimum atomic E-state index is -5.78. The summed E-state index contributed by atoms with van der Waals surface area (Å²) in [4.78, 5) is 4.35. The summed E-state index contributed by atoms with van der Waals surface area (Å²) in [5.74, 6) is -0.0595. The normalized spacial score (nSPS) is 27.6. The van der Waals surface area contributed by atoms with E-state index in [4.69, 9.17) is 0 Å². The second-order valence-electron chi connectivity index (χ2n) is 3.12. The van der Waals surface area contributed by atoms with Gasteiger partial charge >= 0.3 is 23.4 Å². The molecule has 0 N–H and O–H groups in total. The topological polar surface area (TPSA) is 55.5 Å². The van der Waals surface area contributed by atoms with Gasteiger partial charge in [0.1, 0.15) is 0 Å². The number of para-hydroxylation sites is 1. The molecule has 0 saturated carbocycles. The Hall–Kier alpha value is -0.680. The van der Waals surface area contributed by atoms with Gasteiger partial charge in [0, 0.05) is 0 Å². The van der Waals surface area contributed by atoms with Crippen LogP contribution in [0.4, 0.5) is 21.0 Å². The first-order valence-corrected chi connectivity index (χ1v) is 8.96. The summed E-state index contributed by atoms with van der Waals surface area (Å²) in [6, 6.07) is 7.18. The first-order chi connectivity index (χ1) is 8.70. The number of halogens is 5. The molecule has 106 valence electrons. The highest BCUT2D eigenvalue weighted by molar-refractivity contribution is 7.77. The molecule has 13 heteroatoms. The van der Waals surface area contributed by atoms with Crippen molar-refractivity contribution in [3.63, 3.8) is 0 Å². The highest BCUT2D eigenvalue weighted by Gasteiger charge is 2.41. The molecule has 0 bridgehead atoms. The Morgan fingerprint density at radius 3 is 1.95 bits per heavy atom. The maximum Gasteiger partial charge on any atom is 0.425 e. The molecule has 1 aliphatic heterocycles. The van der Waals surface area contributed by atoms with Gasteiger partial charge in [-0.3, -0.25) is 0 Å². The lowest BCUT2D eigenvalue weighted by atomic mass is 10.3. The van der Waals surface area contributed by atoms with Crippen LogP contribution in [0.2, 0.25) is 0 Å². The molecule has 0 aliphatic carbocycles. The van der Waals surface area contributed by atoms with Crippen molar-refractivity contribution in [2.45, 2.75) is 0 Å². The highest BCUT2D eigenvalue weighted by atomic mass is 31.3. The lowest BCUT2D eigenvalue weighted by Gasteiger charge is -2.15. The van der Waals surface area contributed by atoms with E-state index in [1.165, 1.54) is 24.3 Å². The fourth-order valence-electron chi connectivity index (χ4n) is 1.04. The van der Waals surface area contributed by atoms with E-state index in [0.717, 1.165) is 0 Å². The van der Waals surface area contributed by atoms with E-state index in [2.05, 4.69) is 18.6 Å². The number of nitrogens with zero attached hydrogens (tertiary/aromatic N) is 3. The highest BCUT2D eigenvalue weighted by Crippen LogP contribution is 2.81. The van der Waals surface area contributed by atoms with Gasteiger partial charge in [-0.2, -0.15) is 4.20 Å². The van der Waals surface area contributed by atoms with Crippen LogP contribution in [0.15, 0.2) is 43.9 Å². The van der Waals surface area contributed by atoms with Gasteiger partial charge in [-0.1, -0.05) is 22.9 Å². The third-order valence-corrected chi connectivity index (χ3v) is 7.10. The van der Waals surface area contributed by atoms with Crippen molar-refractivity contribution in [3.05, 3.63) is 30.3 Å². The summed E-state index contributed by atoms with van der Waals surface area (Å²) in [7, 11) is -16.8. The smallest absolute Gasteiger partial charge is 0.329 e. The molecule has 1 unspecified atom stereocenters. The molecular formula is C6H5F5N3O2P3. The third kappa shape index (κ3) is 4.14. The maximum absolute atomic E-state index is 13.7. The van der Waals surface area contributed by atoms with Crippen molar-refractivity contribution in [1.29, 1.82) is 0 Å². The van der Waals surface area contributed by atoms with E-state index in [1.807, 2.05) is 4.52 Å². The standard InChI is InChI=1S/C6H5F5N3O2P3/c7-17(8)12-18(9,10)14-19(11,13-17)16-15-6-4-2-1-3-5-6/h1-5H. The molecular weight excluding hydrogens is 334 g/mol. The molecule has 1 aromatic rings. The molecule has 0 aromatic heterocycles. The number of hydrogen-bond donors (Lipinski definition) is 0. The molecule has 1 heterocycles. The van der Waals surface area contributed by atoms with Gasteiger partial charge in [-0.05, 0) is 12.1 Å². The average Bonchev–Trinajstić information content (AvgIpc) is 2.23. The first kappa shape index (κ1) is 14.7. The summed E-state index contributed by atoms with van der Waals surface area (Å²) >= 11 is 0. The Kier molecular flexibility index (Phi) is 3.89. The van der Waals surface area contributed by atoms with Crippen LogP contribution < -0.4 is 4.89 Å². The Bertz CT molecular complexity index is 631. The number of rotatable bonds is 3. The fraction of sp³-hybridized carbons (Fsp3) is 0. The molecule has 0 fully saturated rings. The molecule has 0 amide bonds. The second-order valence-corrected chi connectivity index (χ2v) is 8.19. The van der Waals surface area contributed by atoms with E-state index in [1.54, 1.807) is 6.07 Å². The predicted molar refractivity (Wildman–Crippen MR) is 61.7 cm³/mol. The Morgan fingerprint density at radius 2 is 1.37 bits per heavy atom. The van der Waals surface area contributed by atoms with Gasteiger partial charge in [0.15, 0.2) is 5.75 Å². The van der Waals surface area contributed by atoms with Crippen LogP contribution in [-0.4, -0.2) is 0 Å². The zero-order valence-corrected chi connectivity index (χ0v) is 11.5. The van der Waals surface area contributed by atoms with Crippen LogP contribution >= 0.6 is 23.4 Å². The summed E-state index contributed by atoms with van der Waals surface area (Å²) in [6.45, 7) is 0. The van der Waals surface area contributed by atoms with E-state index in [9.17, 15) is 21.0 Å². The Morgan fingerprint density at radius 1 is 0.789 bits per heavy atom. The van der Waals surface area contributed by atoms with Crippen molar-refractivity contribution in [2.24, 2.45) is 13.5 Å². The Labute approximate surface area is 104 Å². The van der Waals surface area contributed by atoms with Crippen LogP contribution in [0.3, 0.4) is 0 Å². The average molecular weight is 339 g/mol. The fourth-order valence-corrected chi connectivity index (χ4v) is 6.02. The molecule has 5 nitrogen and oxygen atoms in total. The lowest BCUT2D eigenvalue weighted by molar-refractivity contribution is -0.0973. The van der Waals surface area contributed by atoms with Crippen molar-refractivity contribution < 1.29 is 30.5 Å². The molecule has 1 atom stereocenters. The van der Waals surface area contributed by atoms with Crippen molar-refractivity contribution in [3.8, 4) is 5.75 Å². The van der Waals surface area contributed by atoms with Gasteiger partial charge in [-0.15, -0.1) is 30.3 Å². The predicted octanol–water partition coefficient (Wildman–Crippen LogP) is 6.70. The summed E-state index contributed by atoms with van der Waals surface area (Å²) in [5.41, 5.74) is 0. The molecule has 0 radical (unpaired) electrons. The van der Waals surface area contributed by atoms with E-state index < -0.39 is 23.4 Å². The van der Waals surface area contributed by atoms with Gasteiger partial charge in [0.2, 0.25) is 0 Å². The second kappa shape index (κ2) is 5.02. The maximum atomic E-state index is 13.7. The van der Waals surface area contributed by atoms with Crippen molar-refractivity contribution in [1.82, 2.24) is 0 Å². The minimum Gasteiger partial charge on any atom is -0.329 e. The van der Waals surface area contributed by atoms with Gasteiger partial charge in [0.05, 0.1) is 0 Å². The molecule has 0 saturated heterocycles. The van der Waals surface area contributed by atoms with E-state index >= 15 is 0 Å². The SMILES string of the molecule is FP1(F)=NP(F)(F)=NP(F)(OOc2ccccc2)=N1. The van der Waals surface area contributed by atoms with Gasteiger partial charge < -0.3 is 4.89 Å². The minimum absolute atomic E-state index is 0.0595. The number of benzene rings is 1. The van der Waals surface area contributed by atoms with Crippen LogP contribution in [-0.2, 0) is 4.67 Å². The monoisotopic (exact) mass is 339 g/mol. The Balaban J connectivity index is 2.27. The first-order valence-electron chi connectivity index (χ1n) is 4.51. The van der Waals surface area contributed by atoms with E-state index in [-0.39, 0.29) is 5.75 Å². The zero-order chi connectivity index (χ0) is 14.1. The summed E-state index contributed by atoms with van der Waals surface area (Å²) < 4.78 is 75.4. The molecule has 1 aromatic carbocycles. The molecule has 19 heavy (non-hydrogen) atoms. The lowest BCUT2D eigenvalue weighted by Crippen LogP contribution is -1.92. The van der Waals surface area contributed by atoms with Crippen molar-refractivity contribution in [2.75, 3.05) is 0 Å². The molecule has 2 rings (SSSR count). The number of hydrogen-bond acceptors (Lipinski definition) is 5. The van der Waals surface area contributed by atoms with Gasteiger partial charge in [0.25, 0.3) is 0 Å². The quantitative estimate of drug-likeness (QED) is 0.266. The van der Waals surface area contributed by atoms with Gasteiger partial charge in [-0.25, -0.2) is 0 Å². The third-order valence-electron chi connectivity index (χ3n) is 1.62. The van der Waals surface area contributed by atoms with Crippen LogP contribution in [0.25, 0.3) is 0 Å². The van der Waals surface area contributed by atoms with Crippen molar-refractivity contribution >= 4 is 23.4 Å². The van der Waals surface area contributed by atoms with Crippen LogP contribution in [0, 0.1) is 0 Å². The molecule has 1 aliphatic rings. The van der Waals surface area contributed by atoms with Crippen LogP contribution in [0.1, 0.15) is 0 Å². The van der Waals surface area contributed by atoms with Crippen LogP contribution in [0.5, 0.6) is 5.75 Å². The summed E-state index contributed by atoms with van der Waals surface area (Å²) in [6.07, 6.45) is 0. The summed E-state index contributed by atoms with van der Waals surface area (Å²) in [5, 5.41) is 0. The van der Waals surface area contributed by atoms with E-state index in [0.29, 0.717) is 0 Å². The zero-order valence-electron chi connectivity index (χ0n) is 8.78.